The van der Waals surface area contributed by atoms with Crippen LogP contribution >= 0.6 is 11.8 Å². The molecular weight excluding hydrogens is 260 g/mol. The molecule has 0 radical (unpaired) electrons. The van der Waals surface area contributed by atoms with Gasteiger partial charge in [-0.2, -0.15) is 0 Å². The second kappa shape index (κ2) is 5.88. The van der Waals surface area contributed by atoms with Crippen molar-refractivity contribution in [2.45, 2.75) is 12.1 Å². The van der Waals surface area contributed by atoms with Gasteiger partial charge in [0.25, 0.3) is 0 Å². The number of nitrogens with zero attached hydrogens (tertiary/aromatic N) is 3. The molecule has 1 N–H and O–H groups in total. The van der Waals surface area contributed by atoms with Gasteiger partial charge in [-0.15, -0.1) is 10.2 Å². The van der Waals surface area contributed by atoms with E-state index in [-0.39, 0.29) is 5.91 Å². The summed E-state index contributed by atoms with van der Waals surface area (Å²) in [5.74, 6) is 1.13. The minimum Gasteiger partial charge on any atom is -0.358 e. The number of benzene rings is 1. The summed E-state index contributed by atoms with van der Waals surface area (Å²) >= 11 is 1.38. The molecule has 2 aromatic rings. The van der Waals surface area contributed by atoms with Gasteiger partial charge in [0.2, 0.25) is 5.91 Å². The summed E-state index contributed by atoms with van der Waals surface area (Å²) in [7, 11) is 3.53. The number of amides is 1. The highest BCUT2D eigenvalue weighted by Gasteiger charge is 2.12. The Morgan fingerprint density at radius 1 is 1.32 bits per heavy atom. The van der Waals surface area contributed by atoms with Gasteiger partial charge in [-0.05, 0) is 6.92 Å². The van der Waals surface area contributed by atoms with E-state index in [0.717, 1.165) is 16.5 Å². The second-order valence-corrected chi connectivity index (χ2v) is 5.14. The van der Waals surface area contributed by atoms with Gasteiger partial charge in [-0.3, -0.25) is 4.79 Å². The van der Waals surface area contributed by atoms with Crippen LogP contribution in [0.5, 0.6) is 0 Å². The fourth-order valence-electron chi connectivity index (χ4n) is 1.60. The third-order valence-electron chi connectivity index (χ3n) is 2.76. The quantitative estimate of drug-likeness (QED) is 0.862. The molecule has 1 heterocycles. The molecule has 0 unspecified atom stereocenters. The molecular formula is C13H16N4OS. The van der Waals surface area contributed by atoms with Crippen LogP contribution in [0.2, 0.25) is 0 Å². The van der Waals surface area contributed by atoms with Gasteiger partial charge in [-0.25, -0.2) is 0 Å². The van der Waals surface area contributed by atoms with Crippen LogP contribution in [0, 0.1) is 6.92 Å². The van der Waals surface area contributed by atoms with E-state index < -0.39 is 0 Å². The van der Waals surface area contributed by atoms with Crippen LogP contribution in [0.15, 0.2) is 29.4 Å². The van der Waals surface area contributed by atoms with Crippen molar-refractivity contribution in [3.05, 3.63) is 29.8 Å². The summed E-state index contributed by atoms with van der Waals surface area (Å²) in [6, 6.07) is 8.13. The van der Waals surface area contributed by atoms with E-state index in [0.29, 0.717) is 5.75 Å². The van der Waals surface area contributed by atoms with E-state index in [9.17, 15) is 4.79 Å². The van der Waals surface area contributed by atoms with Crippen LogP contribution < -0.4 is 5.32 Å². The average Bonchev–Trinajstić information content (AvgIpc) is 2.78. The van der Waals surface area contributed by atoms with E-state index in [4.69, 9.17) is 0 Å². The molecule has 0 bridgehead atoms. The molecule has 0 atom stereocenters. The second-order valence-electron chi connectivity index (χ2n) is 4.19. The van der Waals surface area contributed by atoms with E-state index in [1.54, 1.807) is 7.05 Å². The predicted octanol–water partition coefficient (Wildman–Crippen LogP) is 1.63. The Balaban J connectivity index is 2.18. The maximum absolute atomic E-state index is 11.2. The van der Waals surface area contributed by atoms with Gasteiger partial charge >= 0.3 is 0 Å². The van der Waals surface area contributed by atoms with Gasteiger partial charge in [0.05, 0.1) is 5.75 Å². The van der Waals surface area contributed by atoms with Crippen LogP contribution in [0.1, 0.15) is 5.56 Å². The summed E-state index contributed by atoms with van der Waals surface area (Å²) in [5, 5.41) is 11.6. The number of hydrogen-bond donors (Lipinski definition) is 1. The summed E-state index contributed by atoms with van der Waals surface area (Å²) in [4.78, 5) is 11.2. The van der Waals surface area contributed by atoms with Crippen molar-refractivity contribution in [3.63, 3.8) is 0 Å². The number of thioether (sulfide) groups is 1. The average molecular weight is 276 g/mol. The summed E-state index contributed by atoms with van der Waals surface area (Å²) in [5.41, 5.74) is 2.23. The molecule has 1 aromatic heterocycles. The number of hydrogen-bond acceptors (Lipinski definition) is 4. The van der Waals surface area contributed by atoms with Crippen molar-refractivity contribution in [2.24, 2.45) is 7.05 Å². The molecule has 6 heteroatoms. The first-order valence-corrected chi connectivity index (χ1v) is 6.90. The van der Waals surface area contributed by atoms with Gasteiger partial charge in [0.15, 0.2) is 11.0 Å². The van der Waals surface area contributed by atoms with Crippen LogP contribution in [-0.2, 0) is 11.8 Å². The highest BCUT2D eigenvalue weighted by molar-refractivity contribution is 7.99. The lowest BCUT2D eigenvalue weighted by molar-refractivity contribution is -0.118. The van der Waals surface area contributed by atoms with E-state index in [1.165, 1.54) is 17.3 Å². The number of nitrogens with one attached hydrogen (secondary N) is 1. The fraction of sp³-hybridized carbons (Fsp3) is 0.308. The molecule has 0 aliphatic heterocycles. The Labute approximate surface area is 116 Å². The Morgan fingerprint density at radius 3 is 2.63 bits per heavy atom. The molecule has 100 valence electrons. The van der Waals surface area contributed by atoms with Crippen molar-refractivity contribution < 1.29 is 4.79 Å². The minimum atomic E-state index is -0.0233. The predicted molar refractivity (Wildman–Crippen MR) is 76.0 cm³/mol. The zero-order chi connectivity index (χ0) is 13.8. The lowest BCUT2D eigenvalue weighted by atomic mass is 10.1. The van der Waals surface area contributed by atoms with Gasteiger partial charge in [0.1, 0.15) is 0 Å². The standard InChI is InChI=1S/C13H16N4OS/c1-9-4-6-10(7-5-9)12-15-16-13(17(12)3)19-8-11(18)14-2/h4-7H,8H2,1-3H3,(H,14,18). The summed E-state index contributed by atoms with van der Waals surface area (Å²) in [6.07, 6.45) is 0. The largest absolute Gasteiger partial charge is 0.358 e. The number of carbonyl (C=O) groups excluding carboxylic acids is 1. The minimum absolute atomic E-state index is 0.0233. The molecule has 19 heavy (non-hydrogen) atoms. The van der Waals surface area contributed by atoms with Crippen molar-refractivity contribution in [2.75, 3.05) is 12.8 Å². The van der Waals surface area contributed by atoms with Gasteiger partial charge in [0, 0.05) is 19.7 Å². The molecule has 1 amide bonds. The van der Waals surface area contributed by atoms with Crippen molar-refractivity contribution in [3.8, 4) is 11.4 Å². The maximum Gasteiger partial charge on any atom is 0.230 e. The molecule has 2 rings (SSSR count). The van der Waals surface area contributed by atoms with Crippen molar-refractivity contribution in [1.29, 1.82) is 0 Å². The highest BCUT2D eigenvalue weighted by Crippen LogP contribution is 2.22. The smallest absolute Gasteiger partial charge is 0.230 e. The first-order chi connectivity index (χ1) is 9.11. The normalized spacial score (nSPS) is 10.5. The zero-order valence-corrected chi connectivity index (χ0v) is 12.0. The van der Waals surface area contributed by atoms with Crippen molar-refractivity contribution >= 4 is 17.7 Å². The van der Waals surface area contributed by atoms with Crippen LogP contribution in [-0.4, -0.2) is 33.5 Å². The van der Waals surface area contributed by atoms with Crippen LogP contribution in [0.3, 0.4) is 0 Å². The lowest BCUT2D eigenvalue weighted by Crippen LogP contribution is -2.20. The Morgan fingerprint density at radius 2 is 2.00 bits per heavy atom. The topological polar surface area (TPSA) is 59.8 Å². The SMILES string of the molecule is CNC(=O)CSc1nnc(-c2ccc(C)cc2)n1C. The maximum atomic E-state index is 11.2. The molecule has 5 nitrogen and oxygen atoms in total. The Kier molecular flexibility index (Phi) is 4.21. The summed E-state index contributed by atoms with van der Waals surface area (Å²) < 4.78 is 1.90. The van der Waals surface area contributed by atoms with Gasteiger partial charge in [-0.1, -0.05) is 41.6 Å². The zero-order valence-electron chi connectivity index (χ0n) is 11.2. The first kappa shape index (κ1) is 13.6. The van der Waals surface area contributed by atoms with Crippen LogP contribution in [0.25, 0.3) is 11.4 Å². The third kappa shape index (κ3) is 3.14. The molecule has 0 fully saturated rings. The summed E-state index contributed by atoms with van der Waals surface area (Å²) in [6.45, 7) is 2.05. The first-order valence-electron chi connectivity index (χ1n) is 5.91. The lowest BCUT2D eigenvalue weighted by Gasteiger charge is -2.04. The van der Waals surface area contributed by atoms with E-state index in [2.05, 4.69) is 15.5 Å². The van der Waals surface area contributed by atoms with Crippen LogP contribution in [0.4, 0.5) is 0 Å². The number of aryl methyl sites for hydroxylation is 1. The molecule has 0 aliphatic rings. The van der Waals surface area contributed by atoms with E-state index >= 15 is 0 Å². The molecule has 0 saturated heterocycles. The molecule has 0 saturated carbocycles. The van der Waals surface area contributed by atoms with Crippen molar-refractivity contribution in [1.82, 2.24) is 20.1 Å². The molecule has 0 spiro atoms. The number of rotatable bonds is 4. The Hall–Kier alpha value is -1.82. The van der Waals surface area contributed by atoms with Gasteiger partial charge < -0.3 is 9.88 Å². The third-order valence-corrected chi connectivity index (χ3v) is 3.78. The number of aromatic nitrogens is 3. The molecule has 1 aromatic carbocycles. The Bertz CT molecular complexity index is 577. The monoisotopic (exact) mass is 276 g/mol. The molecule has 0 aliphatic carbocycles. The fourth-order valence-corrected chi connectivity index (χ4v) is 2.38. The van der Waals surface area contributed by atoms with E-state index in [1.807, 2.05) is 42.8 Å². The number of carbonyl (C=O) groups is 1. The highest BCUT2D eigenvalue weighted by atomic mass is 32.2.